The molecule has 2 rings (SSSR count). The van der Waals surface area contributed by atoms with Crippen molar-refractivity contribution in [3.05, 3.63) is 23.9 Å². The highest BCUT2D eigenvalue weighted by atomic mass is 16.4. The van der Waals surface area contributed by atoms with Crippen LogP contribution < -0.4 is 4.90 Å². The third-order valence-corrected chi connectivity index (χ3v) is 2.69. The number of hydrogen-bond donors (Lipinski definition) is 1. The molecule has 0 amide bonds. The Morgan fingerprint density at radius 2 is 2.44 bits per heavy atom. The Labute approximate surface area is 93.9 Å². The number of carboxylic acids is 1. The summed E-state index contributed by atoms with van der Waals surface area (Å²) in [6.45, 7) is 0.838. The van der Waals surface area contributed by atoms with Crippen molar-refractivity contribution in [2.45, 2.75) is 18.9 Å². The molecule has 0 saturated carbocycles. The fourth-order valence-electron chi connectivity index (χ4n) is 1.92. The smallest absolute Gasteiger partial charge is 0.354 e. The van der Waals surface area contributed by atoms with Gasteiger partial charge in [0.1, 0.15) is 5.82 Å². The lowest BCUT2D eigenvalue weighted by molar-refractivity contribution is 0.0690. The molecule has 16 heavy (non-hydrogen) atoms. The van der Waals surface area contributed by atoms with Gasteiger partial charge in [0.25, 0.3) is 0 Å². The van der Waals surface area contributed by atoms with Gasteiger partial charge in [0.05, 0.1) is 6.04 Å². The van der Waals surface area contributed by atoms with E-state index in [1.807, 2.05) is 4.90 Å². The second-order valence-electron chi connectivity index (χ2n) is 3.70. The summed E-state index contributed by atoms with van der Waals surface area (Å²) in [5.74, 6) is 2.34. The molecule has 0 bridgehead atoms. The van der Waals surface area contributed by atoms with Crippen molar-refractivity contribution in [2.24, 2.45) is 0 Å². The van der Waals surface area contributed by atoms with E-state index in [0.717, 1.165) is 19.4 Å². The highest BCUT2D eigenvalue weighted by Crippen LogP contribution is 2.23. The van der Waals surface area contributed by atoms with Crippen LogP contribution in [0.1, 0.15) is 23.3 Å². The van der Waals surface area contributed by atoms with Gasteiger partial charge in [-0.25, -0.2) is 9.78 Å². The SMILES string of the molecule is C#CC1CCCN1c1cccc(C(=O)O)n1. The molecule has 1 saturated heterocycles. The van der Waals surface area contributed by atoms with Gasteiger partial charge in [0.15, 0.2) is 5.69 Å². The van der Waals surface area contributed by atoms with Gasteiger partial charge >= 0.3 is 5.97 Å². The number of hydrogen-bond acceptors (Lipinski definition) is 3. The lowest BCUT2D eigenvalue weighted by Crippen LogP contribution is -2.28. The Bertz CT molecular complexity index is 451. The molecule has 4 heteroatoms. The number of aromatic nitrogens is 1. The fourth-order valence-corrected chi connectivity index (χ4v) is 1.92. The average molecular weight is 216 g/mol. The number of nitrogens with zero attached hydrogens (tertiary/aromatic N) is 2. The Kier molecular flexibility index (Phi) is 2.78. The molecular weight excluding hydrogens is 204 g/mol. The minimum absolute atomic E-state index is 0.0385. The third-order valence-electron chi connectivity index (χ3n) is 2.69. The molecule has 0 aromatic carbocycles. The summed E-state index contributed by atoms with van der Waals surface area (Å²) < 4.78 is 0. The van der Waals surface area contributed by atoms with Crippen LogP contribution in [-0.2, 0) is 0 Å². The van der Waals surface area contributed by atoms with Gasteiger partial charge in [-0.2, -0.15) is 0 Å². The first kappa shape index (κ1) is 10.5. The molecule has 1 aliphatic heterocycles. The molecule has 82 valence electrons. The Balaban J connectivity index is 2.30. The maximum atomic E-state index is 10.8. The van der Waals surface area contributed by atoms with E-state index < -0.39 is 5.97 Å². The molecule has 1 N–H and O–H groups in total. The van der Waals surface area contributed by atoms with Gasteiger partial charge in [-0.3, -0.25) is 0 Å². The van der Waals surface area contributed by atoms with Crippen LogP contribution in [-0.4, -0.2) is 28.6 Å². The molecule has 1 aromatic heterocycles. The molecule has 2 heterocycles. The predicted octanol–water partition coefficient (Wildman–Crippen LogP) is 1.38. The van der Waals surface area contributed by atoms with Crippen molar-refractivity contribution >= 4 is 11.8 Å². The van der Waals surface area contributed by atoms with Crippen LogP contribution in [0.5, 0.6) is 0 Å². The van der Waals surface area contributed by atoms with Crippen LogP contribution in [0.2, 0.25) is 0 Å². The normalized spacial score (nSPS) is 19.4. The molecule has 0 aliphatic carbocycles. The molecule has 0 spiro atoms. The zero-order valence-electron chi connectivity index (χ0n) is 8.76. The summed E-state index contributed by atoms with van der Waals surface area (Å²) in [7, 11) is 0. The standard InChI is InChI=1S/C12H12N2O2/c1-2-9-5-4-8-14(9)11-7-3-6-10(13-11)12(15)16/h1,3,6-7,9H,4-5,8H2,(H,15,16). The zero-order valence-corrected chi connectivity index (χ0v) is 8.76. The second kappa shape index (κ2) is 4.23. The number of anilines is 1. The van der Waals surface area contributed by atoms with Crippen LogP contribution >= 0.6 is 0 Å². The summed E-state index contributed by atoms with van der Waals surface area (Å²) in [6.07, 6.45) is 7.39. The third kappa shape index (κ3) is 1.84. The first-order chi connectivity index (χ1) is 7.72. The molecule has 1 atom stereocenters. The van der Waals surface area contributed by atoms with Crippen molar-refractivity contribution in [1.29, 1.82) is 0 Å². The van der Waals surface area contributed by atoms with Crippen LogP contribution in [0.15, 0.2) is 18.2 Å². The molecule has 1 aromatic rings. The quantitative estimate of drug-likeness (QED) is 0.759. The lowest BCUT2D eigenvalue weighted by atomic mass is 10.2. The van der Waals surface area contributed by atoms with E-state index in [-0.39, 0.29) is 11.7 Å². The number of carbonyl (C=O) groups is 1. The zero-order chi connectivity index (χ0) is 11.5. The van der Waals surface area contributed by atoms with E-state index >= 15 is 0 Å². The number of carboxylic acid groups (broad SMARTS) is 1. The monoisotopic (exact) mass is 216 g/mol. The second-order valence-corrected chi connectivity index (χ2v) is 3.70. The van der Waals surface area contributed by atoms with Crippen molar-refractivity contribution in [3.8, 4) is 12.3 Å². The van der Waals surface area contributed by atoms with Crippen molar-refractivity contribution in [3.63, 3.8) is 0 Å². The maximum absolute atomic E-state index is 10.8. The van der Waals surface area contributed by atoms with E-state index in [0.29, 0.717) is 5.82 Å². The minimum atomic E-state index is -1.02. The fraction of sp³-hybridized carbons (Fsp3) is 0.333. The summed E-state index contributed by atoms with van der Waals surface area (Å²) in [5, 5.41) is 8.85. The highest BCUT2D eigenvalue weighted by Gasteiger charge is 2.24. The molecule has 0 radical (unpaired) electrons. The summed E-state index contributed by atoms with van der Waals surface area (Å²) in [6, 6.07) is 5.00. The molecule has 1 unspecified atom stereocenters. The predicted molar refractivity (Wildman–Crippen MR) is 60.4 cm³/mol. The van der Waals surface area contributed by atoms with E-state index in [4.69, 9.17) is 11.5 Å². The van der Waals surface area contributed by atoms with E-state index in [1.54, 1.807) is 12.1 Å². The van der Waals surface area contributed by atoms with Crippen molar-refractivity contribution < 1.29 is 9.90 Å². The van der Waals surface area contributed by atoms with Gasteiger partial charge in [-0.15, -0.1) is 6.42 Å². The van der Waals surface area contributed by atoms with Gasteiger partial charge in [0.2, 0.25) is 0 Å². The Morgan fingerprint density at radius 1 is 1.62 bits per heavy atom. The van der Waals surface area contributed by atoms with Crippen LogP contribution in [0.25, 0.3) is 0 Å². The summed E-state index contributed by atoms with van der Waals surface area (Å²) >= 11 is 0. The Morgan fingerprint density at radius 3 is 3.12 bits per heavy atom. The molecular formula is C12H12N2O2. The minimum Gasteiger partial charge on any atom is -0.477 e. The molecule has 1 aliphatic rings. The number of terminal acetylenes is 1. The molecule has 4 nitrogen and oxygen atoms in total. The number of rotatable bonds is 2. The van der Waals surface area contributed by atoms with E-state index in [2.05, 4.69) is 10.9 Å². The lowest BCUT2D eigenvalue weighted by Gasteiger charge is -2.21. The first-order valence-electron chi connectivity index (χ1n) is 5.15. The largest absolute Gasteiger partial charge is 0.477 e. The van der Waals surface area contributed by atoms with Gasteiger partial charge < -0.3 is 10.0 Å². The number of pyridine rings is 1. The maximum Gasteiger partial charge on any atom is 0.354 e. The highest BCUT2D eigenvalue weighted by molar-refractivity contribution is 5.85. The molecule has 1 fully saturated rings. The summed E-state index contributed by atoms with van der Waals surface area (Å²) in [4.78, 5) is 16.9. The van der Waals surface area contributed by atoms with Crippen LogP contribution in [0, 0.1) is 12.3 Å². The first-order valence-corrected chi connectivity index (χ1v) is 5.15. The van der Waals surface area contributed by atoms with Crippen molar-refractivity contribution in [2.75, 3.05) is 11.4 Å². The topological polar surface area (TPSA) is 53.4 Å². The van der Waals surface area contributed by atoms with Gasteiger partial charge in [0, 0.05) is 6.54 Å². The van der Waals surface area contributed by atoms with Gasteiger partial charge in [-0.1, -0.05) is 12.0 Å². The summed E-state index contributed by atoms with van der Waals surface area (Å²) in [5.41, 5.74) is 0.0557. The number of aromatic carboxylic acids is 1. The Hall–Kier alpha value is -2.02. The van der Waals surface area contributed by atoms with E-state index in [9.17, 15) is 4.79 Å². The van der Waals surface area contributed by atoms with Crippen molar-refractivity contribution in [1.82, 2.24) is 4.98 Å². The van der Waals surface area contributed by atoms with Crippen LogP contribution in [0.4, 0.5) is 5.82 Å². The van der Waals surface area contributed by atoms with Gasteiger partial charge in [-0.05, 0) is 25.0 Å². The van der Waals surface area contributed by atoms with E-state index in [1.165, 1.54) is 6.07 Å². The average Bonchev–Trinajstić information content (AvgIpc) is 2.77. The van der Waals surface area contributed by atoms with Crippen LogP contribution in [0.3, 0.4) is 0 Å².